The predicted molar refractivity (Wildman–Crippen MR) is 62.4 cm³/mol. The monoisotopic (exact) mass is 199 g/mol. The summed E-state index contributed by atoms with van der Waals surface area (Å²) in [7, 11) is 0. The summed E-state index contributed by atoms with van der Waals surface area (Å²) in [5.41, 5.74) is 0. The molecular weight excluding hydrogens is 178 g/mol. The zero-order valence-electron chi connectivity index (χ0n) is 8.74. The number of rotatable bonds is 3. The Hall–Kier alpha value is 0.0500. The molecule has 13 heavy (non-hydrogen) atoms. The lowest BCUT2D eigenvalue weighted by Gasteiger charge is -2.36. The molecule has 0 N–H and O–H groups in total. The third-order valence-electron chi connectivity index (χ3n) is 2.86. The Morgan fingerprint density at radius 2 is 2.08 bits per heavy atom. The topological polar surface area (TPSA) is 3.24 Å². The van der Waals surface area contributed by atoms with Crippen LogP contribution in [0, 0.1) is 5.92 Å². The van der Waals surface area contributed by atoms with Crippen molar-refractivity contribution in [3.8, 4) is 0 Å². The molecule has 0 saturated carbocycles. The molecule has 2 unspecified atom stereocenters. The minimum atomic E-state index is 0.765. The fourth-order valence-corrected chi connectivity index (χ4v) is 2.07. The van der Waals surface area contributed by atoms with Crippen molar-refractivity contribution in [3.05, 3.63) is 12.2 Å². The second-order valence-corrected chi connectivity index (χ2v) is 4.50. The van der Waals surface area contributed by atoms with Gasteiger partial charge in [0.1, 0.15) is 0 Å². The smallest absolute Gasteiger partial charge is 0.0166 e. The van der Waals surface area contributed by atoms with E-state index in [1.54, 1.807) is 0 Å². The largest absolute Gasteiger partial charge is 0.297 e. The lowest BCUT2D eigenvalue weighted by atomic mass is 9.95. The second-order valence-electron chi connectivity index (χ2n) is 4.14. The summed E-state index contributed by atoms with van der Waals surface area (Å²) in [6, 6.07) is 0.765. The first-order valence-corrected chi connectivity index (χ1v) is 5.87. The third kappa shape index (κ3) is 3.74. The van der Waals surface area contributed by atoms with Crippen molar-refractivity contribution < 1.29 is 0 Å². The minimum absolute atomic E-state index is 0.765. The van der Waals surface area contributed by atoms with E-state index >= 15 is 0 Å². The first-order valence-electron chi connectivity index (χ1n) is 5.24. The van der Waals surface area contributed by atoms with Crippen molar-refractivity contribution in [3.63, 3.8) is 0 Å². The van der Waals surface area contributed by atoms with E-state index in [0.717, 1.165) is 24.3 Å². The van der Waals surface area contributed by atoms with Crippen LogP contribution in [0.15, 0.2) is 12.2 Å². The highest BCUT2D eigenvalue weighted by molar-refractivity contribution is 7.80. The van der Waals surface area contributed by atoms with Gasteiger partial charge in [0.05, 0.1) is 0 Å². The van der Waals surface area contributed by atoms with Crippen molar-refractivity contribution in [1.29, 1.82) is 0 Å². The van der Waals surface area contributed by atoms with E-state index in [0.29, 0.717) is 0 Å². The van der Waals surface area contributed by atoms with Gasteiger partial charge in [0.15, 0.2) is 0 Å². The molecule has 0 aliphatic carbocycles. The van der Waals surface area contributed by atoms with Crippen LogP contribution in [0.5, 0.6) is 0 Å². The molecule has 2 atom stereocenters. The molecular formula is C11H21NS. The Morgan fingerprint density at radius 3 is 2.77 bits per heavy atom. The van der Waals surface area contributed by atoms with Crippen molar-refractivity contribution in [2.45, 2.75) is 32.7 Å². The van der Waals surface area contributed by atoms with Crippen LogP contribution in [0.3, 0.4) is 0 Å². The van der Waals surface area contributed by atoms with E-state index in [4.69, 9.17) is 0 Å². The maximum Gasteiger partial charge on any atom is 0.0166 e. The maximum absolute atomic E-state index is 4.15. The van der Waals surface area contributed by atoms with Crippen LogP contribution in [0.25, 0.3) is 0 Å². The van der Waals surface area contributed by atoms with Crippen LogP contribution in [-0.2, 0) is 0 Å². The Morgan fingerprint density at radius 1 is 1.31 bits per heavy atom. The van der Waals surface area contributed by atoms with Crippen LogP contribution in [0.2, 0.25) is 0 Å². The molecule has 0 spiro atoms. The fraction of sp³-hybridized carbons (Fsp3) is 0.818. The Balaban J connectivity index is 2.33. The Labute approximate surface area is 87.6 Å². The zero-order valence-corrected chi connectivity index (χ0v) is 9.63. The minimum Gasteiger partial charge on any atom is -0.297 e. The van der Waals surface area contributed by atoms with Gasteiger partial charge in [-0.15, -0.1) is 0 Å². The van der Waals surface area contributed by atoms with Crippen LogP contribution in [-0.4, -0.2) is 29.8 Å². The van der Waals surface area contributed by atoms with E-state index in [-0.39, 0.29) is 0 Å². The molecule has 0 aromatic heterocycles. The fourth-order valence-electron chi connectivity index (χ4n) is 1.92. The van der Waals surface area contributed by atoms with Crippen LogP contribution in [0.4, 0.5) is 0 Å². The van der Waals surface area contributed by atoms with Gasteiger partial charge in [-0.2, -0.15) is 12.6 Å². The number of nitrogens with zero attached hydrogens (tertiary/aromatic N) is 1. The van der Waals surface area contributed by atoms with Crippen molar-refractivity contribution in [2.75, 3.05) is 18.8 Å². The van der Waals surface area contributed by atoms with Gasteiger partial charge in [0.2, 0.25) is 0 Å². The Bertz CT molecular complexity index is 167. The number of piperidine rings is 1. The molecule has 0 bridgehead atoms. The molecule has 2 heteroatoms. The standard InChI is InChI=1S/C11H21NS/c1-10-5-6-11(2)12(9-10)7-3-4-8-13/h3-4,10-11,13H,5-9H2,1-2H3/b4-3+. The summed E-state index contributed by atoms with van der Waals surface area (Å²) < 4.78 is 0. The lowest BCUT2D eigenvalue weighted by molar-refractivity contribution is 0.140. The summed E-state index contributed by atoms with van der Waals surface area (Å²) >= 11 is 4.15. The van der Waals surface area contributed by atoms with Crippen molar-refractivity contribution in [1.82, 2.24) is 4.90 Å². The van der Waals surface area contributed by atoms with Gasteiger partial charge in [-0.05, 0) is 25.7 Å². The molecule has 1 nitrogen and oxygen atoms in total. The summed E-state index contributed by atoms with van der Waals surface area (Å²) in [4.78, 5) is 2.56. The average Bonchev–Trinajstić information content (AvgIpc) is 2.11. The molecule has 1 aliphatic heterocycles. The van der Waals surface area contributed by atoms with E-state index in [1.807, 2.05) is 0 Å². The van der Waals surface area contributed by atoms with Gasteiger partial charge >= 0.3 is 0 Å². The highest BCUT2D eigenvalue weighted by Gasteiger charge is 2.21. The molecule has 0 amide bonds. The first-order chi connectivity index (χ1) is 6.24. The molecule has 0 aromatic rings. The maximum atomic E-state index is 4.15. The van der Waals surface area contributed by atoms with Crippen molar-refractivity contribution >= 4 is 12.6 Å². The molecule has 1 saturated heterocycles. The van der Waals surface area contributed by atoms with Crippen LogP contribution < -0.4 is 0 Å². The molecule has 0 radical (unpaired) electrons. The molecule has 1 rings (SSSR count). The highest BCUT2D eigenvalue weighted by Crippen LogP contribution is 2.20. The van der Waals surface area contributed by atoms with Crippen molar-refractivity contribution in [2.24, 2.45) is 5.92 Å². The van der Waals surface area contributed by atoms with Gasteiger partial charge in [-0.25, -0.2) is 0 Å². The SMILES string of the molecule is CC1CCC(C)N(C/C=C/CS)C1. The number of hydrogen-bond donors (Lipinski definition) is 1. The highest BCUT2D eigenvalue weighted by atomic mass is 32.1. The zero-order chi connectivity index (χ0) is 9.68. The van der Waals surface area contributed by atoms with E-state index in [1.165, 1.54) is 19.4 Å². The predicted octanol–water partition coefficient (Wildman–Crippen LogP) is 2.59. The number of hydrogen-bond acceptors (Lipinski definition) is 2. The second kappa shape index (κ2) is 5.71. The first kappa shape index (κ1) is 11.1. The summed E-state index contributed by atoms with van der Waals surface area (Å²) in [6.07, 6.45) is 7.13. The van der Waals surface area contributed by atoms with E-state index < -0.39 is 0 Å². The molecule has 1 aliphatic rings. The van der Waals surface area contributed by atoms with Gasteiger partial charge in [-0.3, -0.25) is 4.90 Å². The number of thiol groups is 1. The molecule has 76 valence electrons. The molecule has 1 fully saturated rings. The van der Waals surface area contributed by atoms with Gasteiger partial charge in [-0.1, -0.05) is 19.1 Å². The van der Waals surface area contributed by atoms with E-state index in [9.17, 15) is 0 Å². The molecule has 0 aromatic carbocycles. The summed E-state index contributed by atoms with van der Waals surface area (Å²) in [5, 5.41) is 0. The quantitative estimate of drug-likeness (QED) is 0.540. The summed E-state index contributed by atoms with van der Waals surface area (Å²) in [5.74, 6) is 1.73. The van der Waals surface area contributed by atoms with Gasteiger partial charge < -0.3 is 0 Å². The summed E-state index contributed by atoms with van der Waals surface area (Å²) in [6.45, 7) is 7.05. The third-order valence-corrected chi connectivity index (χ3v) is 3.07. The average molecular weight is 199 g/mol. The van der Waals surface area contributed by atoms with Gasteiger partial charge in [0, 0.05) is 24.9 Å². The molecule has 1 heterocycles. The number of likely N-dealkylation sites (tertiary alicyclic amines) is 1. The van der Waals surface area contributed by atoms with Crippen LogP contribution in [0.1, 0.15) is 26.7 Å². The Kier molecular flexibility index (Phi) is 4.89. The van der Waals surface area contributed by atoms with E-state index in [2.05, 4.69) is 43.5 Å². The van der Waals surface area contributed by atoms with Gasteiger partial charge in [0.25, 0.3) is 0 Å². The normalized spacial score (nSPS) is 31.3. The lowest BCUT2D eigenvalue weighted by Crippen LogP contribution is -2.40. The van der Waals surface area contributed by atoms with Crippen LogP contribution >= 0.6 is 12.6 Å².